The number of hydrogen-bond donors (Lipinski definition) is 0. The highest BCUT2D eigenvalue weighted by Gasteiger charge is 2.18. The minimum Gasteiger partial charge on any atom is -0.261 e. The molecule has 3 aromatic rings. The van der Waals surface area contributed by atoms with E-state index in [0.717, 1.165) is 5.69 Å². The van der Waals surface area contributed by atoms with Crippen LogP contribution in [0.5, 0.6) is 0 Å². The van der Waals surface area contributed by atoms with Crippen LogP contribution in [0.3, 0.4) is 0 Å². The molecule has 0 aliphatic carbocycles. The van der Waals surface area contributed by atoms with E-state index in [2.05, 4.69) is 89.9 Å². The van der Waals surface area contributed by atoms with Gasteiger partial charge in [-0.15, -0.1) is 0 Å². The van der Waals surface area contributed by atoms with E-state index in [1.54, 1.807) is 0 Å². The van der Waals surface area contributed by atoms with Crippen molar-refractivity contribution >= 4 is 35.7 Å². The van der Waals surface area contributed by atoms with Crippen LogP contribution in [-0.4, -0.2) is 6.21 Å². The van der Waals surface area contributed by atoms with Gasteiger partial charge in [0, 0.05) is 11.5 Å². The van der Waals surface area contributed by atoms with Crippen LogP contribution in [0, 0.1) is 0 Å². The molecule has 108 valence electrons. The van der Waals surface area contributed by atoms with Crippen LogP contribution in [0.1, 0.15) is 6.92 Å². The Hall–Kier alpha value is -2.24. The molecule has 0 amide bonds. The summed E-state index contributed by atoms with van der Waals surface area (Å²) in [6.07, 6.45) is 1.86. The highest BCUT2D eigenvalue weighted by Crippen LogP contribution is 2.36. The molecule has 3 rings (SSSR count). The Morgan fingerprint density at radius 3 is 1.73 bits per heavy atom. The number of aliphatic imine (C=N–C) groups is 1. The summed E-state index contributed by atoms with van der Waals surface area (Å²) in [5, 5.41) is 4.00. The molecule has 0 fully saturated rings. The van der Waals surface area contributed by atoms with Crippen LogP contribution in [0.25, 0.3) is 0 Å². The molecule has 0 aliphatic rings. The molecule has 0 aliphatic heterocycles. The van der Waals surface area contributed by atoms with Gasteiger partial charge in [-0.25, -0.2) is 0 Å². The maximum absolute atomic E-state index is 4.57. The average Bonchev–Trinajstić information content (AvgIpc) is 2.59. The van der Waals surface area contributed by atoms with Gasteiger partial charge in [0.1, 0.15) is 0 Å². The predicted octanol–water partition coefficient (Wildman–Crippen LogP) is 4.17. The van der Waals surface area contributed by atoms with Gasteiger partial charge in [-0.05, 0) is 31.5 Å². The first-order chi connectivity index (χ1) is 10.9. The van der Waals surface area contributed by atoms with Crippen molar-refractivity contribution in [3.05, 3.63) is 84.9 Å². The zero-order valence-electron chi connectivity index (χ0n) is 12.6. The third kappa shape index (κ3) is 3.16. The molecule has 0 saturated heterocycles. The summed E-state index contributed by atoms with van der Waals surface area (Å²) < 4.78 is 0. The topological polar surface area (TPSA) is 12.4 Å². The van der Waals surface area contributed by atoms with Gasteiger partial charge in [-0.3, -0.25) is 4.99 Å². The maximum atomic E-state index is 4.57. The van der Waals surface area contributed by atoms with E-state index >= 15 is 0 Å². The van der Waals surface area contributed by atoms with Gasteiger partial charge in [-0.2, -0.15) is 0 Å². The van der Waals surface area contributed by atoms with Crippen LogP contribution in [-0.2, 0) is 0 Å². The van der Waals surface area contributed by atoms with Crippen LogP contribution >= 0.6 is 7.92 Å². The Morgan fingerprint density at radius 2 is 1.18 bits per heavy atom. The minimum absolute atomic E-state index is 0.592. The lowest BCUT2D eigenvalue weighted by Gasteiger charge is -2.20. The van der Waals surface area contributed by atoms with Crippen molar-refractivity contribution in [3.8, 4) is 0 Å². The van der Waals surface area contributed by atoms with Gasteiger partial charge in [0.05, 0.1) is 5.69 Å². The standard InChI is InChI=1S/C20H18NP/c1-2-21-19-15-9-10-16-20(19)22(17-11-5-3-6-12-17)18-13-7-4-8-14-18/h2-16H,1H3. The number of hydrogen-bond acceptors (Lipinski definition) is 1. The largest absolute Gasteiger partial charge is 0.261 e. The Bertz CT molecular complexity index is 711. The van der Waals surface area contributed by atoms with Crippen molar-refractivity contribution in [3.63, 3.8) is 0 Å². The quantitative estimate of drug-likeness (QED) is 0.507. The first-order valence-electron chi connectivity index (χ1n) is 7.38. The van der Waals surface area contributed by atoms with E-state index in [9.17, 15) is 0 Å². The van der Waals surface area contributed by atoms with Gasteiger partial charge in [0.2, 0.25) is 0 Å². The van der Waals surface area contributed by atoms with Crippen molar-refractivity contribution in [2.24, 2.45) is 4.99 Å². The van der Waals surface area contributed by atoms with E-state index in [-0.39, 0.29) is 0 Å². The van der Waals surface area contributed by atoms with Gasteiger partial charge in [0.15, 0.2) is 0 Å². The molecule has 0 heterocycles. The Labute approximate surface area is 133 Å². The molecule has 0 atom stereocenters. The fourth-order valence-electron chi connectivity index (χ4n) is 2.48. The van der Waals surface area contributed by atoms with Crippen molar-refractivity contribution in [2.75, 3.05) is 0 Å². The van der Waals surface area contributed by atoms with Crippen molar-refractivity contribution in [1.82, 2.24) is 0 Å². The molecule has 2 heteroatoms. The molecule has 0 unspecified atom stereocenters. The fraction of sp³-hybridized carbons (Fsp3) is 0.0500. The molecule has 3 aromatic carbocycles. The fourth-order valence-corrected chi connectivity index (χ4v) is 4.87. The second kappa shape index (κ2) is 7.15. The van der Waals surface area contributed by atoms with Crippen LogP contribution in [0.4, 0.5) is 5.69 Å². The molecule has 22 heavy (non-hydrogen) atoms. The number of rotatable bonds is 4. The summed E-state index contributed by atoms with van der Waals surface area (Å²) in [7, 11) is -0.592. The Morgan fingerprint density at radius 1 is 0.682 bits per heavy atom. The van der Waals surface area contributed by atoms with Crippen molar-refractivity contribution in [1.29, 1.82) is 0 Å². The van der Waals surface area contributed by atoms with E-state index in [1.165, 1.54) is 15.9 Å². The summed E-state index contributed by atoms with van der Waals surface area (Å²) >= 11 is 0. The second-order valence-electron chi connectivity index (χ2n) is 4.88. The van der Waals surface area contributed by atoms with Gasteiger partial charge in [0.25, 0.3) is 0 Å². The third-order valence-corrected chi connectivity index (χ3v) is 5.91. The molecular formula is C20H18NP. The molecule has 0 spiro atoms. The smallest absolute Gasteiger partial charge is 0.0708 e. The summed E-state index contributed by atoms with van der Waals surface area (Å²) in [6, 6.07) is 29.9. The number of nitrogens with zero attached hydrogens (tertiary/aromatic N) is 1. The molecule has 0 bridgehead atoms. The van der Waals surface area contributed by atoms with Crippen LogP contribution < -0.4 is 15.9 Å². The van der Waals surface area contributed by atoms with E-state index < -0.39 is 7.92 Å². The van der Waals surface area contributed by atoms with Crippen molar-refractivity contribution < 1.29 is 0 Å². The van der Waals surface area contributed by atoms with Gasteiger partial charge in [-0.1, -0.05) is 78.9 Å². The molecule has 0 N–H and O–H groups in total. The van der Waals surface area contributed by atoms with E-state index in [1.807, 2.05) is 13.1 Å². The van der Waals surface area contributed by atoms with Crippen LogP contribution in [0.15, 0.2) is 89.9 Å². The SMILES string of the molecule is CC=Nc1ccccc1P(c1ccccc1)c1ccccc1. The summed E-state index contributed by atoms with van der Waals surface area (Å²) in [4.78, 5) is 4.57. The maximum Gasteiger partial charge on any atom is 0.0708 e. The lowest BCUT2D eigenvalue weighted by molar-refractivity contribution is 1.56. The Balaban J connectivity index is 2.19. The third-order valence-electron chi connectivity index (χ3n) is 3.42. The monoisotopic (exact) mass is 303 g/mol. The summed E-state index contributed by atoms with van der Waals surface area (Å²) in [6.45, 7) is 1.96. The normalized spacial score (nSPS) is 11.2. The number of para-hydroxylation sites is 1. The van der Waals surface area contributed by atoms with Gasteiger partial charge >= 0.3 is 0 Å². The van der Waals surface area contributed by atoms with E-state index in [4.69, 9.17) is 0 Å². The van der Waals surface area contributed by atoms with Gasteiger partial charge < -0.3 is 0 Å². The molecule has 0 saturated carbocycles. The molecule has 0 aromatic heterocycles. The lowest BCUT2D eigenvalue weighted by Crippen LogP contribution is -2.20. The van der Waals surface area contributed by atoms with Crippen LogP contribution in [0.2, 0.25) is 0 Å². The van der Waals surface area contributed by atoms with Crippen molar-refractivity contribution in [2.45, 2.75) is 6.92 Å². The first-order valence-corrected chi connectivity index (χ1v) is 8.72. The minimum atomic E-state index is -0.592. The second-order valence-corrected chi connectivity index (χ2v) is 7.07. The Kier molecular flexibility index (Phi) is 4.78. The lowest BCUT2D eigenvalue weighted by atomic mass is 10.3. The highest BCUT2D eigenvalue weighted by atomic mass is 31.1. The highest BCUT2D eigenvalue weighted by molar-refractivity contribution is 7.80. The zero-order chi connectivity index (χ0) is 15.2. The molecule has 1 nitrogen and oxygen atoms in total. The zero-order valence-corrected chi connectivity index (χ0v) is 13.4. The first kappa shape index (κ1) is 14.7. The summed E-state index contributed by atoms with van der Waals surface area (Å²) in [5.74, 6) is 0. The summed E-state index contributed by atoms with van der Waals surface area (Å²) in [5.41, 5.74) is 1.06. The predicted molar refractivity (Wildman–Crippen MR) is 99.0 cm³/mol. The average molecular weight is 303 g/mol. The number of benzene rings is 3. The molecular weight excluding hydrogens is 285 g/mol. The molecule has 0 radical (unpaired) electrons. The van der Waals surface area contributed by atoms with E-state index in [0.29, 0.717) is 0 Å².